The Bertz CT molecular complexity index is 368. The molecule has 0 atom stereocenters. The number of phenols is 1. The zero-order chi connectivity index (χ0) is 10.4. The molecule has 2 nitrogen and oxygen atoms in total. The maximum atomic E-state index is 9.27. The van der Waals surface area contributed by atoms with Crippen LogP contribution in [0.15, 0.2) is 24.3 Å². The summed E-state index contributed by atoms with van der Waals surface area (Å²) in [6.07, 6.45) is 10.4. The molecule has 14 heavy (non-hydrogen) atoms. The van der Waals surface area contributed by atoms with Gasteiger partial charge in [-0.25, -0.2) is 0 Å². The Morgan fingerprint density at radius 3 is 2.36 bits per heavy atom. The molecule has 1 aromatic rings. The van der Waals surface area contributed by atoms with Crippen molar-refractivity contribution in [1.82, 2.24) is 0 Å². The molecule has 0 bridgehead atoms. The van der Waals surface area contributed by atoms with Crippen molar-refractivity contribution < 1.29 is 5.11 Å². The number of terminal acetylenes is 2. The van der Waals surface area contributed by atoms with Gasteiger partial charge in [0.1, 0.15) is 5.75 Å². The second-order valence-corrected chi connectivity index (χ2v) is 2.78. The topological polar surface area (TPSA) is 23.5 Å². The van der Waals surface area contributed by atoms with Crippen LogP contribution < -0.4 is 4.90 Å². The summed E-state index contributed by atoms with van der Waals surface area (Å²) in [5.74, 6) is 5.25. The molecule has 1 rings (SSSR count). The molecule has 1 aromatic carbocycles. The highest BCUT2D eigenvalue weighted by Crippen LogP contribution is 2.19. The largest absolute Gasteiger partial charge is 0.508 e. The first-order valence-corrected chi connectivity index (χ1v) is 4.19. The van der Waals surface area contributed by atoms with Crippen LogP contribution in [0.2, 0.25) is 0 Å². The first kappa shape index (κ1) is 10.0. The summed E-state index contributed by atoms with van der Waals surface area (Å²) in [5.41, 5.74) is 0.834. The first-order chi connectivity index (χ1) is 6.77. The van der Waals surface area contributed by atoms with Gasteiger partial charge in [0.05, 0.1) is 13.1 Å². The Morgan fingerprint density at radius 2 is 1.86 bits per heavy atom. The van der Waals surface area contributed by atoms with E-state index in [2.05, 4.69) is 11.8 Å². The summed E-state index contributed by atoms with van der Waals surface area (Å²) in [6, 6.07) is 6.85. The lowest BCUT2D eigenvalue weighted by Gasteiger charge is -2.19. The van der Waals surface area contributed by atoms with Crippen LogP contribution in [0.5, 0.6) is 5.75 Å². The Balaban J connectivity index is 2.89. The summed E-state index contributed by atoms with van der Waals surface area (Å²) in [6.45, 7) is 0.876. The fraction of sp³-hybridized carbons (Fsp3) is 0.167. The molecule has 0 unspecified atom stereocenters. The van der Waals surface area contributed by atoms with Gasteiger partial charge in [-0.1, -0.05) is 17.9 Å². The maximum absolute atomic E-state index is 9.27. The number of hydrogen-bond acceptors (Lipinski definition) is 2. The van der Waals surface area contributed by atoms with Gasteiger partial charge in [0.2, 0.25) is 0 Å². The highest BCUT2D eigenvalue weighted by molar-refractivity contribution is 5.52. The zero-order valence-electron chi connectivity index (χ0n) is 7.77. The molecule has 0 saturated carbocycles. The van der Waals surface area contributed by atoms with Crippen LogP contribution in [-0.2, 0) is 0 Å². The van der Waals surface area contributed by atoms with E-state index in [1.165, 1.54) is 0 Å². The van der Waals surface area contributed by atoms with Crippen molar-refractivity contribution >= 4 is 5.69 Å². The Kier molecular flexibility index (Phi) is 3.47. The number of hydrogen-bond donors (Lipinski definition) is 1. The van der Waals surface area contributed by atoms with E-state index in [9.17, 15) is 5.11 Å². The molecule has 2 heteroatoms. The molecule has 1 N–H and O–H groups in total. The molecule has 0 spiro atoms. The van der Waals surface area contributed by atoms with E-state index in [1.807, 2.05) is 11.0 Å². The highest BCUT2D eigenvalue weighted by Gasteiger charge is 2.03. The van der Waals surface area contributed by atoms with Crippen molar-refractivity contribution in [3.05, 3.63) is 24.3 Å². The van der Waals surface area contributed by atoms with E-state index in [-0.39, 0.29) is 5.75 Å². The fourth-order valence-corrected chi connectivity index (χ4v) is 1.15. The average molecular weight is 185 g/mol. The molecule has 0 aromatic heterocycles. The molecule has 0 radical (unpaired) electrons. The van der Waals surface area contributed by atoms with Gasteiger partial charge in [0.25, 0.3) is 0 Å². The molecule has 0 aliphatic heterocycles. The summed E-state index contributed by atoms with van der Waals surface area (Å²) >= 11 is 0. The normalized spacial score (nSPS) is 8.71. The van der Waals surface area contributed by atoms with E-state index in [0.29, 0.717) is 13.1 Å². The maximum Gasteiger partial charge on any atom is 0.117 e. The van der Waals surface area contributed by atoms with Crippen LogP contribution in [0.1, 0.15) is 0 Å². The SMILES string of the molecule is C#CCN(CC#C)c1cccc(O)c1. The van der Waals surface area contributed by atoms with Gasteiger partial charge in [-0.3, -0.25) is 0 Å². The van der Waals surface area contributed by atoms with Gasteiger partial charge in [-0.15, -0.1) is 12.8 Å². The summed E-state index contributed by atoms with van der Waals surface area (Å²) in [5, 5.41) is 9.27. The average Bonchev–Trinajstić information content (AvgIpc) is 2.17. The summed E-state index contributed by atoms with van der Waals surface area (Å²) < 4.78 is 0. The molecule has 0 aliphatic carbocycles. The van der Waals surface area contributed by atoms with E-state index in [1.54, 1.807) is 18.2 Å². The predicted molar refractivity (Wildman–Crippen MR) is 58.0 cm³/mol. The number of nitrogens with zero attached hydrogens (tertiary/aromatic N) is 1. The van der Waals surface area contributed by atoms with Gasteiger partial charge in [0, 0.05) is 11.8 Å². The van der Waals surface area contributed by atoms with E-state index in [4.69, 9.17) is 12.8 Å². The van der Waals surface area contributed by atoms with Gasteiger partial charge >= 0.3 is 0 Å². The second kappa shape index (κ2) is 4.84. The van der Waals surface area contributed by atoms with Crippen molar-refractivity contribution in [3.63, 3.8) is 0 Å². The third kappa shape index (κ3) is 2.47. The predicted octanol–water partition coefficient (Wildman–Crippen LogP) is 1.47. The molecule has 0 fully saturated rings. The third-order valence-electron chi connectivity index (χ3n) is 1.76. The lowest BCUT2D eigenvalue weighted by atomic mass is 10.2. The number of anilines is 1. The van der Waals surface area contributed by atoms with Gasteiger partial charge in [0.15, 0.2) is 0 Å². The molecular weight excluding hydrogens is 174 g/mol. The van der Waals surface area contributed by atoms with Crippen LogP contribution in [0.4, 0.5) is 5.69 Å². The third-order valence-corrected chi connectivity index (χ3v) is 1.76. The van der Waals surface area contributed by atoms with E-state index < -0.39 is 0 Å². The monoisotopic (exact) mass is 185 g/mol. The standard InChI is InChI=1S/C12H11NO/c1-3-8-13(9-4-2)11-6-5-7-12(14)10-11/h1-2,5-7,10,14H,8-9H2. The van der Waals surface area contributed by atoms with Gasteiger partial charge < -0.3 is 10.0 Å². The smallest absolute Gasteiger partial charge is 0.117 e. The lowest BCUT2D eigenvalue weighted by molar-refractivity contribution is 0.475. The second-order valence-electron chi connectivity index (χ2n) is 2.78. The number of benzene rings is 1. The molecular formula is C12H11NO. The molecule has 0 saturated heterocycles. The number of aromatic hydroxyl groups is 1. The quantitative estimate of drug-likeness (QED) is 0.721. The minimum absolute atomic E-state index is 0.210. The summed E-state index contributed by atoms with van der Waals surface area (Å²) in [7, 11) is 0. The molecule has 0 aliphatic rings. The van der Waals surface area contributed by atoms with Crippen LogP contribution >= 0.6 is 0 Å². The van der Waals surface area contributed by atoms with Gasteiger partial charge in [-0.2, -0.15) is 0 Å². The molecule has 70 valence electrons. The minimum Gasteiger partial charge on any atom is -0.508 e. The van der Waals surface area contributed by atoms with Crippen molar-refractivity contribution in [2.45, 2.75) is 0 Å². The van der Waals surface area contributed by atoms with Gasteiger partial charge in [-0.05, 0) is 12.1 Å². The number of phenolic OH excluding ortho intramolecular Hbond substituents is 1. The Hall–Kier alpha value is -2.06. The van der Waals surface area contributed by atoms with Crippen LogP contribution in [0, 0.1) is 24.7 Å². The van der Waals surface area contributed by atoms with Crippen molar-refractivity contribution in [2.24, 2.45) is 0 Å². The van der Waals surface area contributed by atoms with Crippen molar-refractivity contribution in [2.75, 3.05) is 18.0 Å². The van der Waals surface area contributed by atoms with E-state index in [0.717, 1.165) is 5.69 Å². The molecule has 0 heterocycles. The Labute approximate surface area is 84.2 Å². The van der Waals surface area contributed by atoms with Crippen molar-refractivity contribution in [3.8, 4) is 30.4 Å². The highest BCUT2D eigenvalue weighted by atomic mass is 16.3. The molecule has 0 amide bonds. The Morgan fingerprint density at radius 1 is 1.21 bits per heavy atom. The van der Waals surface area contributed by atoms with Crippen LogP contribution in [0.3, 0.4) is 0 Å². The van der Waals surface area contributed by atoms with Crippen LogP contribution in [-0.4, -0.2) is 18.2 Å². The minimum atomic E-state index is 0.210. The fourth-order valence-electron chi connectivity index (χ4n) is 1.15. The number of rotatable bonds is 3. The first-order valence-electron chi connectivity index (χ1n) is 4.19. The van der Waals surface area contributed by atoms with E-state index >= 15 is 0 Å². The summed E-state index contributed by atoms with van der Waals surface area (Å²) in [4.78, 5) is 1.83. The van der Waals surface area contributed by atoms with Crippen LogP contribution in [0.25, 0.3) is 0 Å². The zero-order valence-corrected chi connectivity index (χ0v) is 7.77. The van der Waals surface area contributed by atoms with Crippen molar-refractivity contribution in [1.29, 1.82) is 0 Å². The lowest BCUT2D eigenvalue weighted by Crippen LogP contribution is -2.23.